The van der Waals surface area contributed by atoms with Gasteiger partial charge in [-0.15, -0.1) is 0 Å². The van der Waals surface area contributed by atoms with Crippen LogP contribution in [0.25, 0.3) is 6.08 Å². The number of hydrogen-bond donors (Lipinski definition) is 1. The number of methoxy groups -OCH3 is 1. The summed E-state index contributed by atoms with van der Waals surface area (Å²) < 4.78 is 41.8. The fourth-order valence-corrected chi connectivity index (χ4v) is 2.41. The molecule has 1 heterocycles. The molecule has 0 spiro atoms. The molecule has 7 heteroatoms. The molecule has 0 fully saturated rings. The third-order valence-electron chi connectivity index (χ3n) is 3.62. The topological polar surface area (TPSA) is 65.0 Å². The zero-order valence-corrected chi connectivity index (χ0v) is 13.1. The van der Waals surface area contributed by atoms with E-state index in [9.17, 15) is 13.6 Å². The molecule has 1 atom stereocenters. The molecule has 0 aromatic heterocycles. The summed E-state index contributed by atoms with van der Waals surface area (Å²) in [7, 11) is 1.55. The zero-order chi connectivity index (χ0) is 18.0. The summed E-state index contributed by atoms with van der Waals surface area (Å²) in [5, 5.41) is 9.11. The summed E-state index contributed by atoms with van der Waals surface area (Å²) in [6.07, 6.45) is -3.55. The lowest BCUT2D eigenvalue weighted by Gasteiger charge is -2.25. The van der Waals surface area contributed by atoms with Crippen LogP contribution in [0.2, 0.25) is 0 Å². The molecule has 25 heavy (non-hydrogen) atoms. The van der Waals surface area contributed by atoms with Crippen molar-refractivity contribution in [3.8, 4) is 23.0 Å². The van der Waals surface area contributed by atoms with E-state index in [1.54, 1.807) is 37.4 Å². The summed E-state index contributed by atoms with van der Waals surface area (Å²) in [4.78, 5) is 11.2. The number of halogens is 2. The van der Waals surface area contributed by atoms with Crippen molar-refractivity contribution in [2.75, 3.05) is 7.11 Å². The van der Waals surface area contributed by atoms with Crippen molar-refractivity contribution in [3.63, 3.8) is 0 Å². The predicted octanol–water partition coefficient (Wildman–Crippen LogP) is 3.98. The first-order chi connectivity index (χ1) is 12.0. The average molecular weight is 348 g/mol. The van der Waals surface area contributed by atoms with Crippen LogP contribution < -0.4 is 14.2 Å². The highest BCUT2D eigenvalue weighted by Gasteiger charge is 2.34. The highest BCUT2D eigenvalue weighted by atomic mass is 19.3. The maximum absolute atomic E-state index is 13.0. The molecule has 5 nitrogen and oxygen atoms in total. The van der Waals surface area contributed by atoms with Gasteiger partial charge in [-0.1, -0.05) is 0 Å². The molecule has 1 N–H and O–H groups in total. The Labute approximate surface area is 142 Å². The molecule has 130 valence electrons. The van der Waals surface area contributed by atoms with E-state index < -0.39 is 24.1 Å². The molecular formula is C18H14F2O5. The van der Waals surface area contributed by atoms with Crippen molar-refractivity contribution in [1.29, 1.82) is 0 Å². The van der Waals surface area contributed by atoms with Crippen molar-refractivity contribution >= 4 is 12.0 Å². The maximum Gasteiger partial charge on any atom is 0.335 e. The van der Waals surface area contributed by atoms with E-state index in [1.807, 2.05) is 0 Å². The van der Waals surface area contributed by atoms with Gasteiger partial charge in [-0.05, 0) is 48.5 Å². The van der Waals surface area contributed by atoms with Crippen LogP contribution in [0.15, 0.2) is 48.0 Å². The van der Waals surface area contributed by atoms with Crippen LogP contribution in [0.4, 0.5) is 8.78 Å². The second-order valence-corrected chi connectivity index (χ2v) is 5.25. The van der Waals surface area contributed by atoms with Crippen LogP contribution in [0.1, 0.15) is 5.56 Å². The Morgan fingerprint density at radius 2 is 1.76 bits per heavy atom. The van der Waals surface area contributed by atoms with Crippen LogP contribution >= 0.6 is 0 Å². The molecule has 0 saturated carbocycles. The second kappa shape index (κ2) is 6.80. The maximum atomic E-state index is 13.0. The van der Waals surface area contributed by atoms with Gasteiger partial charge in [0.1, 0.15) is 23.0 Å². The van der Waals surface area contributed by atoms with E-state index in [0.717, 1.165) is 0 Å². The van der Waals surface area contributed by atoms with Gasteiger partial charge in [0.15, 0.2) is 6.10 Å². The smallest absolute Gasteiger partial charge is 0.335 e. The van der Waals surface area contributed by atoms with E-state index in [4.69, 9.17) is 19.3 Å². The highest BCUT2D eigenvalue weighted by molar-refractivity contribution is 5.95. The number of alkyl halides is 2. The molecule has 0 saturated heterocycles. The summed E-state index contributed by atoms with van der Waals surface area (Å²) in [6, 6.07) is 11.4. The van der Waals surface area contributed by atoms with Gasteiger partial charge >= 0.3 is 5.97 Å². The lowest BCUT2D eigenvalue weighted by molar-refractivity contribution is -0.134. The fourth-order valence-electron chi connectivity index (χ4n) is 2.41. The monoisotopic (exact) mass is 348 g/mol. The second-order valence-electron chi connectivity index (χ2n) is 5.25. The van der Waals surface area contributed by atoms with E-state index >= 15 is 0 Å². The van der Waals surface area contributed by atoms with Gasteiger partial charge in [0, 0.05) is 5.56 Å². The van der Waals surface area contributed by atoms with Gasteiger partial charge in [0.25, 0.3) is 6.43 Å². The van der Waals surface area contributed by atoms with Gasteiger partial charge in [-0.2, -0.15) is 0 Å². The summed E-state index contributed by atoms with van der Waals surface area (Å²) in [5.41, 5.74) is -0.135. The molecule has 0 radical (unpaired) electrons. The standard InChI is InChI=1S/C18H14F2O5/c1-23-11-2-4-12(5-3-11)24-13-6-7-15-10(8-13)9-14(18(21)22)16(25-15)17(19)20/h2-9,16-17H,1H3,(H,21,22). The molecule has 0 aliphatic carbocycles. The first-order valence-corrected chi connectivity index (χ1v) is 7.33. The molecular weight excluding hydrogens is 334 g/mol. The van der Waals surface area contributed by atoms with Crippen LogP contribution in [0.5, 0.6) is 23.0 Å². The number of aliphatic carboxylic acids is 1. The highest BCUT2D eigenvalue weighted by Crippen LogP contribution is 2.35. The minimum absolute atomic E-state index is 0.178. The number of fused-ring (bicyclic) bond motifs is 1. The molecule has 3 rings (SSSR count). The molecule has 2 aromatic carbocycles. The minimum atomic E-state index is -2.94. The van der Waals surface area contributed by atoms with Gasteiger partial charge in [0.2, 0.25) is 0 Å². The molecule has 0 bridgehead atoms. The fraction of sp³-hybridized carbons (Fsp3) is 0.167. The number of carboxylic acid groups (broad SMARTS) is 1. The van der Waals surface area contributed by atoms with Crippen molar-refractivity contribution in [1.82, 2.24) is 0 Å². The van der Waals surface area contributed by atoms with E-state index in [0.29, 0.717) is 22.8 Å². The summed E-state index contributed by atoms with van der Waals surface area (Å²) >= 11 is 0. The Balaban J connectivity index is 1.88. The lowest BCUT2D eigenvalue weighted by atomic mass is 10.0. The normalized spacial score (nSPS) is 15.8. The lowest BCUT2D eigenvalue weighted by Crippen LogP contribution is -2.33. The van der Waals surface area contributed by atoms with Crippen LogP contribution in [-0.4, -0.2) is 30.7 Å². The van der Waals surface area contributed by atoms with Crippen LogP contribution in [-0.2, 0) is 4.79 Å². The Bertz CT molecular complexity index is 815. The first-order valence-electron chi connectivity index (χ1n) is 7.33. The van der Waals surface area contributed by atoms with E-state index in [1.165, 1.54) is 18.2 Å². The number of ether oxygens (including phenoxy) is 3. The number of hydrogen-bond acceptors (Lipinski definition) is 4. The van der Waals surface area contributed by atoms with Crippen LogP contribution in [0, 0.1) is 0 Å². The van der Waals surface area contributed by atoms with Gasteiger partial charge in [-0.25, -0.2) is 13.6 Å². The Morgan fingerprint density at radius 3 is 2.36 bits per heavy atom. The molecule has 2 aromatic rings. The van der Waals surface area contributed by atoms with Crippen molar-refractivity contribution in [2.45, 2.75) is 12.5 Å². The summed E-state index contributed by atoms with van der Waals surface area (Å²) in [5.74, 6) is 0.377. The number of benzene rings is 2. The Morgan fingerprint density at radius 1 is 1.12 bits per heavy atom. The Hall–Kier alpha value is -3.09. The largest absolute Gasteiger partial charge is 0.497 e. The van der Waals surface area contributed by atoms with Crippen molar-refractivity contribution < 1.29 is 32.9 Å². The minimum Gasteiger partial charge on any atom is -0.497 e. The Kier molecular flexibility index (Phi) is 4.56. The molecule has 1 unspecified atom stereocenters. The first kappa shape index (κ1) is 16.8. The van der Waals surface area contributed by atoms with Crippen molar-refractivity contribution in [3.05, 3.63) is 53.6 Å². The molecule has 1 aliphatic rings. The molecule has 1 aliphatic heterocycles. The van der Waals surface area contributed by atoms with Gasteiger partial charge in [-0.3, -0.25) is 0 Å². The SMILES string of the molecule is COc1ccc(Oc2ccc3c(c2)C=C(C(=O)O)C(C(F)F)O3)cc1. The number of carboxylic acids is 1. The third kappa shape index (κ3) is 3.55. The van der Waals surface area contributed by atoms with Gasteiger partial charge in [0.05, 0.1) is 12.7 Å². The van der Waals surface area contributed by atoms with Crippen LogP contribution in [0.3, 0.4) is 0 Å². The number of rotatable bonds is 5. The number of carbonyl (C=O) groups is 1. The quantitative estimate of drug-likeness (QED) is 0.885. The predicted molar refractivity (Wildman–Crippen MR) is 85.5 cm³/mol. The molecule has 0 amide bonds. The van der Waals surface area contributed by atoms with Crippen molar-refractivity contribution in [2.24, 2.45) is 0 Å². The average Bonchev–Trinajstić information content (AvgIpc) is 2.61. The van der Waals surface area contributed by atoms with E-state index in [-0.39, 0.29) is 5.75 Å². The van der Waals surface area contributed by atoms with E-state index in [2.05, 4.69) is 0 Å². The zero-order valence-electron chi connectivity index (χ0n) is 13.1. The van der Waals surface area contributed by atoms with Gasteiger partial charge < -0.3 is 19.3 Å². The third-order valence-corrected chi connectivity index (χ3v) is 3.62. The summed E-state index contributed by atoms with van der Waals surface area (Å²) in [6.45, 7) is 0.